The van der Waals surface area contributed by atoms with E-state index in [1.807, 2.05) is 48.5 Å². The third-order valence-corrected chi connectivity index (χ3v) is 6.54. The number of halogens is 3. The molecule has 162 valence electrons. The molecule has 7 heteroatoms. The molecule has 1 atom stereocenters. The summed E-state index contributed by atoms with van der Waals surface area (Å²) < 4.78 is 5.89. The van der Waals surface area contributed by atoms with Crippen LogP contribution < -0.4 is 10.1 Å². The molecule has 0 saturated heterocycles. The second kappa shape index (κ2) is 10.6. The van der Waals surface area contributed by atoms with E-state index in [1.165, 1.54) is 0 Å². The van der Waals surface area contributed by atoms with E-state index in [-0.39, 0.29) is 11.2 Å². The van der Waals surface area contributed by atoms with Gasteiger partial charge in [-0.2, -0.15) is 0 Å². The van der Waals surface area contributed by atoms with Gasteiger partial charge in [-0.1, -0.05) is 46.9 Å². The fourth-order valence-corrected chi connectivity index (χ4v) is 4.28. The topological polar surface area (TPSA) is 38.3 Å². The molecular formula is C24H22Cl3NO2S. The van der Waals surface area contributed by atoms with Crippen LogP contribution in [0.25, 0.3) is 0 Å². The maximum atomic E-state index is 12.9. The third-order valence-electron chi connectivity index (χ3n) is 4.52. The van der Waals surface area contributed by atoms with Crippen LogP contribution in [0.5, 0.6) is 5.75 Å². The second-order valence-corrected chi connectivity index (χ2v) is 9.97. The molecule has 1 N–H and O–H groups in total. The molecule has 3 aromatic carbocycles. The molecule has 0 aromatic heterocycles. The van der Waals surface area contributed by atoms with E-state index in [4.69, 9.17) is 39.5 Å². The zero-order chi connectivity index (χ0) is 22.4. The summed E-state index contributed by atoms with van der Waals surface area (Å²) in [5, 5.41) is 4.97. The number of carbonyl (C=O) groups is 1. The number of hydrogen-bond acceptors (Lipinski definition) is 3. The largest absolute Gasteiger partial charge is 0.478 e. The first-order chi connectivity index (χ1) is 14.7. The van der Waals surface area contributed by atoms with E-state index >= 15 is 0 Å². The highest BCUT2D eigenvalue weighted by atomic mass is 35.5. The van der Waals surface area contributed by atoms with Gasteiger partial charge in [-0.05, 0) is 80.1 Å². The lowest BCUT2D eigenvalue weighted by molar-refractivity contribution is -0.134. The fourth-order valence-electron chi connectivity index (χ4n) is 2.82. The number of amides is 1. The quantitative estimate of drug-likeness (QED) is 0.330. The van der Waals surface area contributed by atoms with Gasteiger partial charge in [0.1, 0.15) is 5.75 Å². The molecule has 3 rings (SSSR count). The van der Waals surface area contributed by atoms with Gasteiger partial charge in [-0.3, -0.25) is 4.79 Å². The fraction of sp³-hybridized carbons (Fsp3) is 0.208. The molecular weight excluding hydrogens is 473 g/mol. The Labute approximate surface area is 202 Å². The van der Waals surface area contributed by atoms with Crippen molar-refractivity contribution >= 4 is 52.5 Å². The highest BCUT2D eigenvalue weighted by Gasteiger charge is 2.30. The Kier molecular flexibility index (Phi) is 8.17. The molecule has 0 saturated carbocycles. The minimum absolute atomic E-state index is 0.0197. The third kappa shape index (κ3) is 7.08. The van der Waals surface area contributed by atoms with E-state index in [0.29, 0.717) is 27.4 Å². The lowest BCUT2D eigenvalue weighted by atomic mass is 10.1. The first-order valence-electron chi connectivity index (χ1n) is 9.63. The summed E-state index contributed by atoms with van der Waals surface area (Å²) in [4.78, 5) is 14.0. The monoisotopic (exact) mass is 493 g/mol. The highest BCUT2D eigenvalue weighted by Crippen LogP contribution is 2.36. The Balaban J connectivity index is 1.70. The molecule has 0 aliphatic carbocycles. The Morgan fingerprint density at radius 2 is 1.35 bits per heavy atom. The number of nitrogens with one attached hydrogen (secondary N) is 1. The zero-order valence-corrected chi connectivity index (χ0v) is 20.2. The van der Waals surface area contributed by atoms with Crippen LogP contribution in [0.15, 0.2) is 77.7 Å². The van der Waals surface area contributed by atoms with Crippen molar-refractivity contribution in [1.29, 1.82) is 0 Å². The van der Waals surface area contributed by atoms with Crippen molar-refractivity contribution in [2.75, 3.05) is 6.54 Å². The van der Waals surface area contributed by atoms with Crippen molar-refractivity contribution in [2.24, 2.45) is 0 Å². The normalized spacial score (nSPS) is 12.3. The number of benzene rings is 3. The Morgan fingerprint density at radius 1 is 0.871 bits per heavy atom. The van der Waals surface area contributed by atoms with E-state index in [0.717, 1.165) is 10.5 Å². The highest BCUT2D eigenvalue weighted by molar-refractivity contribution is 7.99. The number of rotatable bonds is 8. The van der Waals surface area contributed by atoms with Gasteiger partial charge in [0.25, 0.3) is 5.91 Å². The predicted molar refractivity (Wildman–Crippen MR) is 131 cm³/mol. The molecule has 0 aliphatic heterocycles. The number of hydrogen-bond donors (Lipinski definition) is 1. The summed E-state index contributed by atoms with van der Waals surface area (Å²) in [6, 6.07) is 22.2. The lowest BCUT2D eigenvalue weighted by Crippen LogP contribution is -2.47. The Hall–Kier alpha value is -1.85. The molecule has 0 heterocycles. The number of ether oxygens (including phenoxy) is 1. The van der Waals surface area contributed by atoms with Gasteiger partial charge >= 0.3 is 0 Å². The first kappa shape index (κ1) is 23.8. The number of carbonyl (C=O) groups excluding carboxylic acids is 1. The predicted octanol–water partition coefficient (Wildman–Crippen LogP) is 7.45. The van der Waals surface area contributed by atoms with Crippen LogP contribution in [0.2, 0.25) is 15.1 Å². The minimum atomic E-state index is -1.05. The van der Waals surface area contributed by atoms with Crippen molar-refractivity contribution in [3.05, 3.63) is 93.4 Å². The maximum absolute atomic E-state index is 12.9. The molecule has 3 nitrogen and oxygen atoms in total. The van der Waals surface area contributed by atoms with Crippen molar-refractivity contribution in [2.45, 2.75) is 29.6 Å². The van der Waals surface area contributed by atoms with Crippen LogP contribution in [0, 0.1) is 0 Å². The van der Waals surface area contributed by atoms with Crippen LogP contribution in [0.3, 0.4) is 0 Å². The summed E-state index contributed by atoms with van der Waals surface area (Å²) in [7, 11) is 0. The molecule has 0 spiro atoms. The van der Waals surface area contributed by atoms with E-state index in [2.05, 4.69) is 5.32 Å². The summed E-state index contributed by atoms with van der Waals surface area (Å²) in [6.45, 7) is 3.89. The van der Waals surface area contributed by atoms with Gasteiger partial charge < -0.3 is 10.1 Å². The van der Waals surface area contributed by atoms with Crippen LogP contribution >= 0.6 is 46.6 Å². The van der Waals surface area contributed by atoms with Gasteiger partial charge in [0.15, 0.2) is 5.60 Å². The first-order valence-corrected chi connectivity index (χ1v) is 11.6. The van der Waals surface area contributed by atoms with Crippen molar-refractivity contribution in [3.63, 3.8) is 0 Å². The average Bonchev–Trinajstić information content (AvgIpc) is 2.74. The summed E-state index contributed by atoms with van der Waals surface area (Å²) in [6.07, 6.45) is 0. The van der Waals surface area contributed by atoms with Crippen LogP contribution in [-0.4, -0.2) is 18.1 Å². The van der Waals surface area contributed by atoms with Gasteiger partial charge in [0, 0.05) is 26.5 Å². The Morgan fingerprint density at radius 3 is 1.90 bits per heavy atom. The Bertz CT molecular complexity index is 1010. The van der Waals surface area contributed by atoms with Crippen molar-refractivity contribution in [1.82, 2.24) is 5.32 Å². The smallest absolute Gasteiger partial charge is 0.263 e. The maximum Gasteiger partial charge on any atom is 0.263 e. The van der Waals surface area contributed by atoms with E-state index < -0.39 is 5.60 Å². The van der Waals surface area contributed by atoms with Crippen molar-refractivity contribution < 1.29 is 9.53 Å². The molecule has 0 radical (unpaired) electrons. The molecule has 0 aliphatic rings. The van der Waals surface area contributed by atoms with Gasteiger partial charge in [-0.25, -0.2) is 0 Å². The standard InChI is InChI=1S/C24H22Cl3NO2S/c1-24(2,30-20-11-7-18(26)8-12-20)23(29)28-15-22(16-3-5-17(25)6-4-16)31-21-13-9-19(27)10-14-21/h3-14,22H,15H2,1-2H3,(H,28,29). The second-order valence-electron chi connectivity index (χ2n) is 7.39. The van der Waals surface area contributed by atoms with Gasteiger partial charge in [0.05, 0.1) is 5.25 Å². The average molecular weight is 495 g/mol. The van der Waals surface area contributed by atoms with Crippen LogP contribution in [0.4, 0.5) is 0 Å². The minimum Gasteiger partial charge on any atom is -0.478 e. The summed E-state index contributed by atoms with van der Waals surface area (Å²) in [5.41, 5.74) is 0.00428. The molecule has 0 fully saturated rings. The van der Waals surface area contributed by atoms with E-state index in [1.54, 1.807) is 49.9 Å². The van der Waals surface area contributed by atoms with Crippen molar-refractivity contribution in [3.8, 4) is 5.75 Å². The molecule has 0 bridgehead atoms. The van der Waals surface area contributed by atoms with Gasteiger partial charge in [0.2, 0.25) is 0 Å². The molecule has 1 unspecified atom stereocenters. The lowest BCUT2D eigenvalue weighted by Gasteiger charge is -2.27. The van der Waals surface area contributed by atoms with Gasteiger partial charge in [-0.15, -0.1) is 11.8 Å². The summed E-state index contributed by atoms with van der Waals surface area (Å²) in [5.74, 6) is 0.368. The molecule has 1 amide bonds. The zero-order valence-electron chi connectivity index (χ0n) is 17.1. The van der Waals surface area contributed by atoms with Crippen LogP contribution in [-0.2, 0) is 4.79 Å². The van der Waals surface area contributed by atoms with Crippen LogP contribution in [0.1, 0.15) is 24.7 Å². The molecule has 3 aromatic rings. The SMILES string of the molecule is CC(C)(Oc1ccc(Cl)cc1)C(=O)NCC(Sc1ccc(Cl)cc1)c1ccc(Cl)cc1. The number of thioether (sulfide) groups is 1. The van der Waals surface area contributed by atoms with E-state index in [9.17, 15) is 4.79 Å². The molecule has 31 heavy (non-hydrogen) atoms. The summed E-state index contributed by atoms with van der Waals surface area (Å²) >= 11 is 19.6.